The van der Waals surface area contributed by atoms with Crippen LogP contribution in [-0.2, 0) is 9.59 Å². The molecule has 1 aliphatic heterocycles. The van der Waals surface area contributed by atoms with E-state index in [9.17, 15) is 9.59 Å². The standard InChI is InChI=1S/C16H12ClN3O4S/c17-10-3-1-9(2-4-10)12-6-5-11(24-12)8-18-20-16-19-15(23)13(25-16)7-14(21)22/h1-6,8,13H,7H2,(H,21,22)(H,19,20,23)/b18-8-/t13-/m0/s1. The summed E-state index contributed by atoms with van der Waals surface area (Å²) >= 11 is 6.89. The van der Waals surface area contributed by atoms with Gasteiger partial charge in [0.2, 0.25) is 5.91 Å². The molecule has 7 nitrogen and oxygen atoms in total. The molecule has 0 aliphatic carbocycles. The van der Waals surface area contributed by atoms with Crippen molar-refractivity contribution in [2.45, 2.75) is 11.7 Å². The summed E-state index contributed by atoms with van der Waals surface area (Å²) < 4.78 is 5.64. The lowest BCUT2D eigenvalue weighted by atomic mass is 10.2. The summed E-state index contributed by atoms with van der Waals surface area (Å²) in [5.74, 6) is -0.270. The maximum Gasteiger partial charge on any atom is 0.305 e. The van der Waals surface area contributed by atoms with E-state index in [1.165, 1.54) is 6.21 Å². The van der Waals surface area contributed by atoms with Crippen molar-refractivity contribution in [3.63, 3.8) is 0 Å². The number of carbonyl (C=O) groups is 2. The van der Waals surface area contributed by atoms with Gasteiger partial charge in [-0.3, -0.25) is 9.59 Å². The Morgan fingerprint density at radius 3 is 2.80 bits per heavy atom. The van der Waals surface area contributed by atoms with Gasteiger partial charge in [0.05, 0.1) is 12.6 Å². The van der Waals surface area contributed by atoms with E-state index >= 15 is 0 Å². The second kappa shape index (κ2) is 7.54. The van der Waals surface area contributed by atoms with Crippen LogP contribution in [0.3, 0.4) is 0 Å². The van der Waals surface area contributed by atoms with Gasteiger partial charge in [0.15, 0.2) is 5.17 Å². The molecule has 3 rings (SSSR count). The molecule has 2 aromatic rings. The van der Waals surface area contributed by atoms with Crippen molar-refractivity contribution in [3.05, 3.63) is 47.2 Å². The minimum atomic E-state index is -1.04. The Balaban J connectivity index is 1.64. The number of furan rings is 1. The molecule has 1 aromatic heterocycles. The van der Waals surface area contributed by atoms with Crippen molar-refractivity contribution >= 4 is 46.6 Å². The van der Waals surface area contributed by atoms with Crippen molar-refractivity contribution in [1.29, 1.82) is 0 Å². The van der Waals surface area contributed by atoms with Crippen LogP contribution in [0.1, 0.15) is 12.2 Å². The van der Waals surface area contributed by atoms with Gasteiger partial charge in [0.1, 0.15) is 16.8 Å². The summed E-state index contributed by atoms with van der Waals surface area (Å²) in [7, 11) is 0. The van der Waals surface area contributed by atoms with E-state index in [0.29, 0.717) is 16.5 Å². The van der Waals surface area contributed by atoms with Crippen LogP contribution >= 0.6 is 23.4 Å². The average Bonchev–Trinajstić information content (AvgIpc) is 3.15. The highest BCUT2D eigenvalue weighted by atomic mass is 35.5. The predicted molar refractivity (Wildman–Crippen MR) is 96.0 cm³/mol. The molecule has 1 aromatic carbocycles. The van der Waals surface area contributed by atoms with Crippen molar-refractivity contribution in [1.82, 2.24) is 5.32 Å². The molecule has 0 unspecified atom stereocenters. The number of carboxylic acids is 1. The molecule has 2 heterocycles. The van der Waals surface area contributed by atoms with Crippen molar-refractivity contribution < 1.29 is 19.1 Å². The van der Waals surface area contributed by atoms with Crippen molar-refractivity contribution in [2.24, 2.45) is 10.2 Å². The highest BCUT2D eigenvalue weighted by Crippen LogP contribution is 2.24. The molecule has 9 heteroatoms. The van der Waals surface area contributed by atoms with Crippen LogP contribution in [0, 0.1) is 0 Å². The maximum atomic E-state index is 11.6. The van der Waals surface area contributed by atoms with Crippen LogP contribution in [0.2, 0.25) is 5.02 Å². The number of hydrogen-bond acceptors (Lipinski definition) is 6. The highest BCUT2D eigenvalue weighted by Gasteiger charge is 2.32. The topological polar surface area (TPSA) is 104 Å². The number of benzene rings is 1. The third kappa shape index (κ3) is 4.49. The van der Waals surface area contributed by atoms with E-state index < -0.39 is 11.2 Å². The predicted octanol–water partition coefficient (Wildman–Crippen LogP) is 3.00. The third-order valence-electron chi connectivity index (χ3n) is 3.23. The van der Waals surface area contributed by atoms with Crippen LogP contribution < -0.4 is 5.32 Å². The zero-order chi connectivity index (χ0) is 17.8. The molecule has 0 spiro atoms. The molecule has 1 amide bonds. The molecule has 0 radical (unpaired) electrons. The fourth-order valence-electron chi connectivity index (χ4n) is 2.07. The van der Waals surface area contributed by atoms with Gasteiger partial charge in [0, 0.05) is 10.6 Å². The molecule has 1 fully saturated rings. The summed E-state index contributed by atoms with van der Waals surface area (Å²) in [6.45, 7) is 0. The minimum Gasteiger partial charge on any atom is -0.481 e. The van der Waals surface area contributed by atoms with Crippen LogP contribution in [0.15, 0.2) is 51.0 Å². The van der Waals surface area contributed by atoms with E-state index in [0.717, 1.165) is 17.3 Å². The zero-order valence-corrected chi connectivity index (χ0v) is 14.3. The largest absolute Gasteiger partial charge is 0.481 e. The van der Waals surface area contributed by atoms with Gasteiger partial charge >= 0.3 is 5.97 Å². The Bertz CT molecular complexity index is 861. The average molecular weight is 378 g/mol. The van der Waals surface area contributed by atoms with Crippen molar-refractivity contribution in [2.75, 3.05) is 0 Å². The first-order chi connectivity index (χ1) is 12.0. The Morgan fingerprint density at radius 1 is 1.32 bits per heavy atom. The number of aliphatic carboxylic acids is 1. The van der Waals surface area contributed by atoms with Crippen LogP contribution in [0.4, 0.5) is 0 Å². The van der Waals surface area contributed by atoms with E-state index in [1.807, 2.05) is 12.1 Å². The molecular formula is C16H12ClN3O4S. The fourth-order valence-corrected chi connectivity index (χ4v) is 3.12. The number of rotatable bonds is 5. The normalized spacial score (nSPS) is 18.8. The molecule has 1 aliphatic rings. The first-order valence-electron chi connectivity index (χ1n) is 7.17. The number of nitrogens with zero attached hydrogens (tertiary/aromatic N) is 2. The molecule has 0 bridgehead atoms. The Labute approximate surface area is 151 Å². The summed E-state index contributed by atoms with van der Waals surface area (Å²) in [4.78, 5) is 22.2. The highest BCUT2D eigenvalue weighted by molar-refractivity contribution is 8.15. The summed E-state index contributed by atoms with van der Waals surface area (Å²) in [6, 6.07) is 10.8. The maximum absolute atomic E-state index is 11.6. The smallest absolute Gasteiger partial charge is 0.305 e. The zero-order valence-electron chi connectivity index (χ0n) is 12.7. The van der Waals surface area contributed by atoms with Gasteiger partial charge in [-0.2, -0.15) is 5.10 Å². The lowest BCUT2D eigenvalue weighted by molar-refractivity contribution is -0.138. The summed E-state index contributed by atoms with van der Waals surface area (Å²) in [6.07, 6.45) is 1.14. The van der Waals surface area contributed by atoms with Gasteiger partial charge in [-0.05, 0) is 36.4 Å². The Hall–Kier alpha value is -2.58. The SMILES string of the molecule is O=C(O)C[C@@H]1S/C(=N\N=C/c2ccc(-c3ccc(Cl)cc3)o2)NC1=O. The number of carbonyl (C=O) groups excluding carboxylic acids is 1. The van der Waals surface area contributed by atoms with Gasteiger partial charge < -0.3 is 14.8 Å². The molecule has 1 atom stereocenters. The molecule has 2 N–H and O–H groups in total. The number of thioether (sulfide) groups is 1. The van der Waals surface area contributed by atoms with Crippen LogP contribution in [0.5, 0.6) is 0 Å². The summed E-state index contributed by atoms with van der Waals surface area (Å²) in [5, 5.41) is 19.2. The van der Waals surface area contributed by atoms with Gasteiger partial charge in [-0.1, -0.05) is 23.4 Å². The Morgan fingerprint density at radius 2 is 2.08 bits per heavy atom. The van der Waals surface area contributed by atoms with E-state index in [2.05, 4.69) is 15.5 Å². The first kappa shape index (κ1) is 17.2. The lowest BCUT2D eigenvalue weighted by Gasteiger charge is -1.97. The number of amides is 1. The number of carboxylic acid groups (broad SMARTS) is 1. The minimum absolute atomic E-state index is 0.261. The van der Waals surface area contributed by atoms with E-state index in [4.69, 9.17) is 21.1 Å². The number of halogens is 1. The first-order valence-corrected chi connectivity index (χ1v) is 8.43. The van der Waals surface area contributed by atoms with Crippen molar-refractivity contribution in [3.8, 4) is 11.3 Å². The monoisotopic (exact) mass is 377 g/mol. The molecule has 1 saturated heterocycles. The number of amidine groups is 1. The van der Waals surface area contributed by atoms with E-state index in [-0.39, 0.29) is 17.5 Å². The molecular weight excluding hydrogens is 366 g/mol. The second-order valence-electron chi connectivity index (χ2n) is 5.05. The lowest BCUT2D eigenvalue weighted by Crippen LogP contribution is -2.26. The van der Waals surface area contributed by atoms with Crippen LogP contribution in [0.25, 0.3) is 11.3 Å². The number of nitrogens with one attached hydrogen (secondary N) is 1. The molecule has 0 saturated carbocycles. The Kier molecular flexibility index (Phi) is 5.20. The summed E-state index contributed by atoms with van der Waals surface area (Å²) in [5.41, 5.74) is 0.880. The van der Waals surface area contributed by atoms with Gasteiger partial charge in [0.25, 0.3) is 0 Å². The quantitative estimate of drug-likeness (QED) is 0.615. The molecule has 128 valence electrons. The number of hydrogen-bond donors (Lipinski definition) is 2. The van der Waals surface area contributed by atoms with Crippen LogP contribution in [-0.4, -0.2) is 33.6 Å². The second-order valence-corrected chi connectivity index (χ2v) is 6.68. The fraction of sp³-hybridized carbons (Fsp3) is 0.125. The molecule has 25 heavy (non-hydrogen) atoms. The third-order valence-corrected chi connectivity index (χ3v) is 4.55. The van der Waals surface area contributed by atoms with Gasteiger partial charge in [-0.25, -0.2) is 0 Å². The van der Waals surface area contributed by atoms with E-state index in [1.54, 1.807) is 24.3 Å². The van der Waals surface area contributed by atoms with Gasteiger partial charge in [-0.15, -0.1) is 5.10 Å².